The van der Waals surface area contributed by atoms with E-state index in [0.29, 0.717) is 93.1 Å². The average molecular weight is 692 g/mol. The molecule has 2 atom stereocenters. The van der Waals surface area contributed by atoms with Crippen molar-refractivity contribution in [2.75, 3.05) is 57.8 Å². The third-order valence-corrected chi connectivity index (χ3v) is 11.3. The first-order chi connectivity index (χ1) is 21.7. The van der Waals surface area contributed by atoms with Crippen LogP contribution in [0.3, 0.4) is 0 Å². The number of alkyl halides is 4. The minimum Gasteiger partial charge on any atom is -0.481 e. The Morgan fingerprint density at radius 1 is 1.11 bits per heavy atom. The Bertz CT molecular complexity index is 1500. The van der Waals surface area contributed by atoms with Gasteiger partial charge in [0.05, 0.1) is 36.1 Å². The number of benzene rings is 1. The third-order valence-electron chi connectivity index (χ3n) is 9.02. The molecule has 2 aromatic rings. The van der Waals surface area contributed by atoms with Gasteiger partial charge in [-0.05, 0) is 44.4 Å². The van der Waals surface area contributed by atoms with E-state index < -0.39 is 45.9 Å². The molecule has 0 amide bonds. The molecule has 5 rings (SSSR count). The van der Waals surface area contributed by atoms with Crippen molar-refractivity contribution in [2.24, 2.45) is 5.92 Å². The number of thioether (sulfide) groups is 1. The van der Waals surface area contributed by atoms with Gasteiger partial charge < -0.3 is 15.1 Å². The molecule has 0 radical (unpaired) electrons. The minimum atomic E-state index is -4.59. The highest BCUT2D eigenvalue weighted by Crippen LogP contribution is 2.40. The van der Waals surface area contributed by atoms with Gasteiger partial charge in [-0.15, -0.1) is 11.8 Å². The fourth-order valence-electron chi connectivity index (χ4n) is 6.54. The molecule has 2 fully saturated rings. The zero-order chi connectivity index (χ0) is 33.2. The van der Waals surface area contributed by atoms with E-state index in [1.54, 1.807) is 4.68 Å². The van der Waals surface area contributed by atoms with Gasteiger partial charge in [0.2, 0.25) is 10.0 Å². The van der Waals surface area contributed by atoms with Crippen LogP contribution in [0.2, 0.25) is 0 Å². The van der Waals surface area contributed by atoms with Crippen molar-refractivity contribution in [1.29, 1.82) is 0 Å². The molecule has 3 aliphatic heterocycles. The van der Waals surface area contributed by atoms with E-state index >= 15 is 0 Å². The largest absolute Gasteiger partial charge is 0.481 e. The predicted molar refractivity (Wildman–Crippen MR) is 166 cm³/mol. The van der Waals surface area contributed by atoms with Gasteiger partial charge in [0.15, 0.2) is 0 Å². The predicted octanol–water partition coefficient (Wildman–Crippen LogP) is 3.57. The Morgan fingerprint density at radius 3 is 2.52 bits per heavy atom. The first kappa shape index (κ1) is 35.1. The number of nitrogens with zero attached hydrogens (tertiary/aromatic N) is 5. The number of carboxylic acids is 1. The van der Waals surface area contributed by atoms with Crippen LogP contribution in [0.5, 0.6) is 0 Å². The van der Waals surface area contributed by atoms with E-state index in [9.17, 15) is 41.0 Å². The number of rotatable bonds is 11. The lowest BCUT2D eigenvalue weighted by Crippen LogP contribution is -2.43. The van der Waals surface area contributed by atoms with Crippen LogP contribution in [0.25, 0.3) is 11.3 Å². The number of aliphatic hydroxyl groups excluding tert-OH is 1. The molecule has 0 aliphatic carbocycles. The van der Waals surface area contributed by atoms with Crippen molar-refractivity contribution in [2.45, 2.75) is 68.5 Å². The Kier molecular flexibility index (Phi) is 11.0. The molecule has 46 heavy (non-hydrogen) atoms. The van der Waals surface area contributed by atoms with Crippen molar-refractivity contribution >= 4 is 27.8 Å². The number of carboxylic acid groups (broad SMARTS) is 1. The highest BCUT2D eigenvalue weighted by Gasteiger charge is 2.35. The lowest BCUT2D eigenvalue weighted by atomic mass is 9.98. The second-order valence-electron chi connectivity index (χ2n) is 12.5. The Labute approximate surface area is 270 Å². The van der Waals surface area contributed by atoms with Gasteiger partial charge in [-0.2, -0.15) is 22.6 Å². The van der Waals surface area contributed by atoms with Gasteiger partial charge in [-0.25, -0.2) is 12.8 Å². The summed E-state index contributed by atoms with van der Waals surface area (Å²) in [5, 5.41) is 25.2. The second kappa shape index (κ2) is 14.5. The summed E-state index contributed by atoms with van der Waals surface area (Å²) in [5.41, 5.74) is 1.29. The Hall–Kier alpha value is -2.24. The molecule has 1 aromatic heterocycles. The first-order valence-corrected chi connectivity index (χ1v) is 18.4. The van der Waals surface area contributed by atoms with Crippen LogP contribution >= 0.6 is 11.8 Å². The summed E-state index contributed by atoms with van der Waals surface area (Å²) in [6, 6.07) is 3.82. The van der Waals surface area contributed by atoms with Crippen LogP contribution in [0, 0.1) is 5.92 Å². The molecule has 256 valence electrons. The number of sulfonamides is 1. The normalized spacial score (nSPS) is 21.7. The summed E-state index contributed by atoms with van der Waals surface area (Å²) >= 11 is 1.07. The lowest BCUT2D eigenvalue weighted by molar-refractivity contribution is -0.144. The van der Waals surface area contributed by atoms with Crippen LogP contribution in [0.4, 0.5) is 17.6 Å². The van der Waals surface area contributed by atoms with E-state index in [1.165, 1.54) is 16.4 Å². The van der Waals surface area contributed by atoms with Crippen LogP contribution in [-0.4, -0.2) is 119 Å². The van der Waals surface area contributed by atoms with Gasteiger partial charge >= 0.3 is 12.1 Å². The number of hydrogen-bond donors (Lipinski definition) is 2. The fraction of sp³-hybridized carbons (Fsp3) is 0.667. The van der Waals surface area contributed by atoms with Crippen molar-refractivity contribution < 1.29 is 41.0 Å². The maximum atomic E-state index is 14.0. The summed E-state index contributed by atoms with van der Waals surface area (Å²) in [5.74, 6) is -0.986. The number of carbonyl (C=O) groups is 1. The summed E-state index contributed by atoms with van der Waals surface area (Å²) < 4.78 is 83.5. The maximum Gasteiger partial charge on any atom is 0.417 e. The van der Waals surface area contributed by atoms with Crippen molar-refractivity contribution in [3.05, 3.63) is 35.0 Å². The van der Waals surface area contributed by atoms with Gasteiger partial charge in [0.25, 0.3) is 0 Å². The van der Waals surface area contributed by atoms with Crippen LogP contribution in [0.15, 0.2) is 23.1 Å². The van der Waals surface area contributed by atoms with Crippen LogP contribution in [-0.2, 0) is 40.5 Å². The van der Waals surface area contributed by atoms with Crippen molar-refractivity contribution in [1.82, 2.24) is 23.9 Å². The average Bonchev–Trinajstić information content (AvgIpc) is 3.34. The molecule has 1 unspecified atom stereocenters. The molecule has 1 aromatic carbocycles. The number of halogens is 4. The molecule has 3 aliphatic rings. The molecule has 4 heterocycles. The summed E-state index contributed by atoms with van der Waals surface area (Å²) in [6.45, 7) is 3.14. The molecular weight excluding hydrogens is 650 g/mol. The van der Waals surface area contributed by atoms with Gasteiger partial charge in [-0.3, -0.25) is 14.4 Å². The fourth-order valence-corrected chi connectivity index (χ4v) is 8.45. The molecule has 16 heteroatoms. The minimum absolute atomic E-state index is 0.0000355. The molecular formula is C30H41F4N5O5S2. The number of aliphatic carboxylic acids is 1. The zero-order valence-corrected chi connectivity index (χ0v) is 27.4. The number of fused-ring (bicyclic) bond motifs is 1. The molecule has 10 nitrogen and oxygen atoms in total. The van der Waals surface area contributed by atoms with E-state index in [4.69, 9.17) is 5.10 Å². The Balaban J connectivity index is 1.41. The molecule has 0 bridgehead atoms. The third kappa shape index (κ3) is 8.61. The molecule has 0 saturated carbocycles. The lowest BCUT2D eigenvalue weighted by Gasteiger charge is -2.32. The topological polar surface area (TPSA) is 119 Å². The summed E-state index contributed by atoms with van der Waals surface area (Å²) in [4.78, 5) is 15.5. The van der Waals surface area contributed by atoms with Crippen molar-refractivity contribution in [3.63, 3.8) is 0 Å². The van der Waals surface area contributed by atoms with Crippen LogP contribution < -0.4 is 0 Å². The smallest absolute Gasteiger partial charge is 0.417 e. The number of likely N-dealkylation sites (tertiary alicyclic amines) is 2. The summed E-state index contributed by atoms with van der Waals surface area (Å²) in [6.07, 6.45) is -2.78. The second-order valence-corrected chi connectivity index (χ2v) is 15.6. The highest BCUT2D eigenvalue weighted by atomic mass is 32.2. The Morgan fingerprint density at radius 2 is 1.85 bits per heavy atom. The quantitative estimate of drug-likeness (QED) is 0.269. The van der Waals surface area contributed by atoms with E-state index in [0.717, 1.165) is 24.1 Å². The van der Waals surface area contributed by atoms with E-state index in [1.807, 2.05) is 4.90 Å². The SMILES string of the molecule is CS(=O)(=O)N1CCc2c(c(-c3ccc(C(F)(F)F)c(SCCN4CCC(F)CC4)c3)nn2CC(O)CN2CCC[C@@H](C(=O)O)C2)C1. The maximum absolute atomic E-state index is 14.0. The van der Waals surface area contributed by atoms with Crippen molar-refractivity contribution in [3.8, 4) is 11.3 Å². The number of aliphatic hydroxyl groups is 1. The number of hydrogen-bond acceptors (Lipinski definition) is 8. The number of β-amino-alcohol motifs (C(OH)–C–C–N with tert-alkyl or cyclic N) is 1. The van der Waals surface area contributed by atoms with Gasteiger partial charge in [-0.1, -0.05) is 6.07 Å². The van der Waals surface area contributed by atoms with Gasteiger partial charge in [0, 0.05) is 79.7 Å². The molecule has 0 spiro atoms. The van der Waals surface area contributed by atoms with Crippen LogP contribution in [0.1, 0.15) is 42.5 Å². The monoisotopic (exact) mass is 691 g/mol. The number of aromatic nitrogens is 2. The standard InChI is InChI=1S/C30H41F4N5O5S2/c1-46(43,44)38-12-8-26-24(19-38)28(35-39(26)18-23(40)17-37-9-2-3-21(16-37)29(41)42)20-4-5-25(30(32,33)34)27(15-20)45-14-13-36-10-6-22(31)7-11-36/h4-5,15,21-23,40H,2-3,6-14,16-19H2,1H3,(H,41,42)/t21-,23?/m1/s1. The van der Waals surface area contributed by atoms with E-state index in [-0.39, 0.29) is 31.1 Å². The molecule has 2 saturated heterocycles. The van der Waals surface area contributed by atoms with E-state index in [2.05, 4.69) is 4.90 Å². The molecule has 2 N–H and O–H groups in total. The summed E-state index contributed by atoms with van der Waals surface area (Å²) in [7, 11) is -3.56. The number of piperidine rings is 2. The zero-order valence-electron chi connectivity index (χ0n) is 25.8. The highest BCUT2D eigenvalue weighted by molar-refractivity contribution is 7.99. The first-order valence-electron chi connectivity index (χ1n) is 15.6. The van der Waals surface area contributed by atoms with Gasteiger partial charge in [0.1, 0.15) is 6.17 Å².